The Hall–Kier alpha value is -3.97. The van der Waals surface area contributed by atoms with Gasteiger partial charge in [0.2, 0.25) is 0 Å². The Bertz CT molecular complexity index is 1590. The predicted molar refractivity (Wildman–Crippen MR) is 129 cm³/mol. The Morgan fingerprint density at radius 3 is 2.65 bits per heavy atom. The Labute approximate surface area is 199 Å². The lowest BCUT2D eigenvalue weighted by Crippen LogP contribution is -2.19. The fourth-order valence-corrected chi connectivity index (χ4v) is 4.12. The van der Waals surface area contributed by atoms with Gasteiger partial charge in [-0.1, -0.05) is 29.8 Å². The molecule has 3 aromatic heterocycles. The van der Waals surface area contributed by atoms with Gasteiger partial charge in [0.15, 0.2) is 11.4 Å². The Morgan fingerprint density at radius 1 is 1.03 bits per heavy atom. The molecule has 34 heavy (non-hydrogen) atoms. The van der Waals surface area contributed by atoms with E-state index in [4.69, 9.17) is 16.3 Å². The molecule has 0 saturated carbocycles. The predicted octanol–water partition coefficient (Wildman–Crippen LogP) is 5.54. The molecule has 0 fully saturated rings. The second kappa shape index (κ2) is 8.76. The molecule has 5 rings (SSSR count). The highest BCUT2D eigenvalue weighted by Gasteiger charge is 2.18. The first-order valence-corrected chi connectivity index (χ1v) is 11.0. The third-order valence-corrected chi connectivity index (χ3v) is 5.71. The number of pyridine rings is 1. The fraction of sp³-hybridized carbons (Fsp3) is 0.115. The van der Waals surface area contributed by atoms with Crippen LogP contribution in [0.25, 0.3) is 22.6 Å². The summed E-state index contributed by atoms with van der Waals surface area (Å²) in [6.07, 6.45) is 1.65. The van der Waals surface area contributed by atoms with Crippen LogP contribution in [-0.2, 0) is 6.61 Å². The van der Waals surface area contributed by atoms with Crippen molar-refractivity contribution in [2.45, 2.75) is 20.5 Å². The summed E-state index contributed by atoms with van der Waals surface area (Å²) >= 11 is 6.06. The third-order valence-electron chi connectivity index (χ3n) is 5.48. The molecule has 8 heteroatoms. The second-order valence-electron chi connectivity index (χ2n) is 7.92. The van der Waals surface area contributed by atoms with E-state index in [9.17, 15) is 9.18 Å². The average molecular weight is 475 g/mol. The van der Waals surface area contributed by atoms with Gasteiger partial charge in [0.25, 0.3) is 5.56 Å². The summed E-state index contributed by atoms with van der Waals surface area (Å²) in [4.78, 5) is 18.1. The van der Waals surface area contributed by atoms with E-state index in [2.05, 4.69) is 10.1 Å². The van der Waals surface area contributed by atoms with Crippen molar-refractivity contribution in [2.24, 2.45) is 0 Å². The van der Waals surface area contributed by atoms with Crippen molar-refractivity contribution < 1.29 is 9.13 Å². The highest BCUT2D eigenvalue weighted by atomic mass is 35.5. The van der Waals surface area contributed by atoms with Gasteiger partial charge in [-0.3, -0.25) is 9.20 Å². The molecule has 0 spiro atoms. The quantitative estimate of drug-likeness (QED) is 0.336. The molecule has 0 bridgehead atoms. The van der Waals surface area contributed by atoms with Crippen molar-refractivity contribution in [3.05, 3.63) is 111 Å². The first-order valence-electron chi connectivity index (χ1n) is 10.6. The van der Waals surface area contributed by atoms with E-state index in [0.717, 1.165) is 11.3 Å². The highest BCUT2D eigenvalue weighted by molar-refractivity contribution is 6.30. The van der Waals surface area contributed by atoms with E-state index in [1.165, 1.54) is 16.5 Å². The lowest BCUT2D eigenvalue weighted by atomic mass is 10.1. The minimum absolute atomic E-state index is 0.264. The van der Waals surface area contributed by atoms with Crippen LogP contribution in [0.15, 0.2) is 77.7 Å². The van der Waals surface area contributed by atoms with E-state index in [0.29, 0.717) is 39.1 Å². The van der Waals surface area contributed by atoms with Gasteiger partial charge in [-0.05, 0) is 67.9 Å². The maximum absolute atomic E-state index is 13.7. The monoisotopic (exact) mass is 474 g/mol. The van der Waals surface area contributed by atoms with Gasteiger partial charge in [-0.25, -0.2) is 14.1 Å². The van der Waals surface area contributed by atoms with Gasteiger partial charge >= 0.3 is 0 Å². The zero-order valence-electron chi connectivity index (χ0n) is 18.5. The number of ether oxygens (including phenoxy) is 1. The van der Waals surface area contributed by atoms with Crippen LogP contribution in [0.4, 0.5) is 4.39 Å². The van der Waals surface area contributed by atoms with Gasteiger partial charge in [0, 0.05) is 16.9 Å². The lowest BCUT2D eigenvalue weighted by molar-refractivity contribution is 0.308. The summed E-state index contributed by atoms with van der Waals surface area (Å²) in [6, 6.07) is 18.8. The summed E-state index contributed by atoms with van der Waals surface area (Å²) < 4.78 is 22.8. The summed E-state index contributed by atoms with van der Waals surface area (Å²) in [5.41, 5.74) is 3.77. The van der Waals surface area contributed by atoms with Crippen molar-refractivity contribution in [1.82, 2.24) is 19.2 Å². The molecule has 0 saturated heterocycles. The maximum atomic E-state index is 13.7. The standard InChI is InChI=1S/C26H20ClFN4O2/c1-16-12-22(30-32(16)21-9-4-8-20(28)14-21)24-17(2)29-25-23(10-5-11-31(25)26(24)33)34-15-18-6-3-7-19(27)13-18/h3-14H,15H2,1-2H3. The van der Waals surface area contributed by atoms with Gasteiger partial charge in [0.05, 0.1) is 16.9 Å². The fourth-order valence-electron chi connectivity index (χ4n) is 3.90. The molecule has 3 heterocycles. The molecule has 0 atom stereocenters. The zero-order chi connectivity index (χ0) is 23.8. The Balaban J connectivity index is 1.55. The molecule has 5 aromatic rings. The topological polar surface area (TPSA) is 61.4 Å². The second-order valence-corrected chi connectivity index (χ2v) is 8.36. The zero-order valence-corrected chi connectivity index (χ0v) is 19.3. The van der Waals surface area contributed by atoms with E-state index in [1.54, 1.807) is 54.2 Å². The number of hydrogen-bond acceptors (Lipinski definition) is 4. The molecule has 6 nitrogen and oxygen atoms in total. The summed E-state index contributed by atoms with van der Waals surface area (Å²) in [5.74, 6) is 0.124. The number of fused-ring (bicyclic) bond motifs is 1. The van der Waals surface area contributed by atoms with E-state index < -0.39 is 0 Å². The van der Waals surface area contributed by atoms with Crippen molar-refractivity contribution in [2.75, 3.05) is 0 Å². The Kier molecular flexibility index (Phi) is 5.63. The largest absolute Gasteiger partial charge is 0.485 e. The molecular weight excluding hydrogens is 455 g/mol. The number of rotatable bonds is 5. The molecule has 0 aliphatic heterocycles. The van der Waals surface area contributed by atoms with Crippen molar-refractivity contribution >= 4 is 17.2 Å². The first-order chi connectivity index (χ1) is 16.4. The van der Waals surface area contributed by atoms with Gasteiger partial charge in [0.1, 0.15) is 18.1 Å². The number of halogens is 2. The van der Waals surface area contributed by atoms with Crippen LogP contribution in [0.3, 0.4) is 0 Å². The summed E-state index contributed by atoms with van der Waals surface area (Å²) in [7, 11) is 0. The molecule has 2 aromatic carbocycles. The molecule has 0 aliphatic rings. The molecule has 0 N–H and O–H groups in total. The lowest BCUT2D eigenvalue weighted by Gasteiger charge is -2.12. The van der Waals surface area contributed by atoms with Crippen LogP contribution in [0, 0.1) is 19.7 Å². The number of aryl methyl sites for hydroxylation is 2. The molecule has 0 amide bonds. The molecule has 0 aliphatic carbocycles. The molecule has 0 radical (unpaired) electrons. The normalized spacial score (nSPS) is 11.2. The third kappa shape index (κ3) is 4.06. The van der Waals surface area contributed by atoms with Crippen molar-refractivity contribution in [3.63, 3.8) is 0 Å². The molecule has 170 valence electrons. The van der Waals surface area contributed by atoms with Crippen LogP contribution < -0.4 is 10.3 Å². The number of hydrogen-bond donors (Lipinski definition) is 0. The average Bonchev–Trinajstić information content (AvgIpc) is 3.19. The highest BCUT2D eigenvalue weighted by Crippen LogP contribution is 2.25. The van der Waals surface area contributed by atoms with Gasteiger partial charge < -0.3 is 4.74 Å². The van der Waals surface area contributed by atoms with Crippen molar-refractivity contribution in [1.29, 1.82) is 0 Å². The van der Waals surface area contributed by atoms with Crippen LogP contribution in [0.2, 0.25) is 5.02 Å². The number of aromatic nitrogens is 4. The molecule has 0 unspecified atom stereocenters. The Morgan fingerprint density at radius 2 is 1.85 bits per heavy atom. The van der Waals surface area contributed by atoms with Crippen LogP contribution >= 0.6 is 11.6 Å². The minimum Gasteiger partial charge on any atom is -0.485 e. The van der Waals surface area contributed by atoms with Crippen LogP contribution in [0.1, 0.15) is 17.0 Å². The first kappa shape index (κ1) is 21.9. The van der Waals surface area contributed by atoms with Gasteiger partial charge in [-0.2, -0.15) is 5.10 Å². The smallest absolute Gasteiger partial charge is 0.267 e. The molecular formula is C26H20ClFN4O2. The van der Waals surface area contributed by atoms with Gasteiger partial charge in [-0.15, -0.1) is 0 Å². The van der Waals surface area contributed by atoms with E-state index >= 15 is 0 Å². The summed E-state index contributed by atoms with van der Waals surface area (Å²) in [5, 5.41) is 5.21. The van der Waals surface area contributed by atoms with Crippen LogP contribution in [-0.4, -0.2) is 19.2 Å². The van der Waals surface area contributed by atoms with E-state index in [-0.39, 0.29) is 18.0 Å². The van der Waals surface area contributed by atoms with Crippen molar-refractivity contribution in [3.8, 4) is 22.7 Å². The maximum Gasteiger partial charge on any atom is 0.267 e. The SMILES string of the molecule is Cc1nc2c(OCc3cccc(Cl)c3)cccn2c(=O)c1-c1cc(C)n(-c2cccc(F)c2)n1. The minimum atomic E-state index is -0.358. The van der Waals surface area contributed by atoms with E-state index in [1.807, 2.05) is 25.1 Å². The number of benzene rings is 2. The number of nitrogens with zero attached hydrogens (tertiary/aromatic N) is 4. The van der Waals surface area contributed by atoms with Crippen LogP contribution in [0.5, 0.6) is 5.75 Å². The summed E-state index contributed by atoms with van der Waals surface area (Å²) in [6.45, 7) is 3.90.